The predicted octanol–water partition coefficient (Wildman–Crippen LogP) is 1.31. The van der Waals surface area contributed by atoms with Gasteiger partial charge in [-0.1, -0.05) is 0 Å². The summed E-state index contributed by atoms with van der Waals surface area (Å²) in [5, 5.41) is 15.1. The maximum atomic E-state index is 4.03. The molecular weight excluding hydrogens is 222 g/mol. The second-order valence-electron chi connectivity index (χ2n) is 4.77. The average molecular weight is 243 g/mol. The molecule has 0 unspecified atom stereocenters. The Morgan fingerprint density at radius 3 is 2.75 bits per heavy atom. The highest BCUT2D eigenvalue weighted by molar-refractivity contribution is 7.98. The van der Waals surface area contributed by atoms with Gasteiger partial charge in [-0.2, -0.15) is 11.8 Å². The molecular formula is C10H21N5S. The van der Waals surface area contributed by atoms with Crippen molar-refractivity contribution in [3.05, 3.63) is 5.82 Å². The molecule has 0 aliphatic carbocycles. The highest BCUT2D eigenvalue weighted by atomic mass is 32.2. The van der Waals surface area contributed by atoms with Crippen LogP contribution in [0.1, 0.15) is 33.0 Å². The van der Waals surface area contributed by atoms with Crippen molar-refractivity contribution in [3.63, 3.8) is 0 Å². The Bertz CT molecular complexity index is 304. The van der Waals surface area contributed by atoms with E-state index >= 15 is 0 Å². The third-order valence-corrected chi connectivity index (χ3v) is 2.80. The zero-order valence-corrected chi connectivity index (χ0v) is 11.3. The fraction of sp³-hybridized carbons (Fsp3) is 0.900. The Hall–Kier alpha value is -0.620. The molecule has 1 N–H and O–H groups in total. The molecule has 1 aromatic rings. The Labute approximate surface area is 101 Å². The van der Waals surface area contributed by atoms with Crippen molar-refractivity contribution in [2.45, 2.75) is 45.8 Å². The van der Waals surface area contributed by atoms with Crippen molar-refractivity contribution >= 4 is 11.8 Å². The lowest BCUT2D eigenvalue weighted by Crippen LogP contribution is -2.36. The third-order valence-electron chi connectivity index (χ3n) is 2.10. The van der Waals surface area contributed by atoms with E-state index in [1.807, 2.05) is 16.4 Å². The van der Waals surface area contributed by atoms with Gasteiger partial charge >= 0.3 is 0 Å². The molecule has 0 aliphatic heterocycles. The molecule has 16 heavy (non-hydrogen) atoms. The first-order valence-corrected chi connectivity index (χ1v) is 6.91. The molecule has 5 nitrogen and oxygen atoms in total. The van der Waals surface area contributed by atoms with Crippen LogP contribution in [0.2, 0.25) is 0 Å². The topological polar surface area (TPSA) is 55.6 Å². The first-order valence-electron chi connectivity index (χ1n) is 5.52. The summed E-state index contributed by atoms with van der Waals surface area (Å²) >= 11 is 1.85. The molecule has 0 bridgehead atoms. The van der Waals surface area contributed by atoms with E-state index in [0.29, 0.717) is 0 Å². The van der Waals surface area contributed by atoms with Crippen LogP contribution in [0.25, 0.3) is 0 Å². The van der Waals surface area contributed by atoms with Gasteiger partial charge in [-0.05, 0) is 49.6 Å². The summed E-state index contributed by atoms with van der Waals surface area (Å²) in [4.78, 5) is 0. The van der Waals surface area contributed by atoms with Crippen LogP contribution in [0.3, 0.4) is 0 Å². The van der Waals surface area contributed by atoms with Crippen LogP contribution in [0, 0.1) is 0 Å². The van der Waals surface area contributed by atoms with E-state index in [-0.39, 0.29) is 5.54 Å². The summed E-state index contributed by atoms with van der Waals surface area (Å²) in [5.74, 6) is 2.06. The van der Waals surface area contributed by atoms with E-state index in [1.54, 1.807) is 0 Å². The molecule has 1 heterocycles. The van der Waals surface area contributed by atoms with Gasteiger partial charge in [0.15, 0.2) is 5.82 Å². The van der Waals surface area contributed by atoms with Crippen molar-refractivity contribution < 1.29 is 0 Å². The van der Waals surface area contributed by atoms with E-state index in [4.69, 9.17) is 0 Å². The van der Waals surface area contributed by atoms with Gasteiger partial charge in [0.1, 0.15) is 0 Å². The lowest BCUT2D eigenvalue weighted by atomic mass is 10.1. The maximum absolute atomic E-state index is 4.03. The van der Waals surface area contributed by atoms with Gasteiger partial charge < -0.3 is 5.32 Å². The molecule has 0 amide bonds. The van der Waals surface area contributed by atoms with Crippen molar-refractivity contribution in [2.24, 2.45) is 0 Å². The van der Waals surface area contributed by atoms with Crippen molar-refractivity contribution in [1.82, 2.24) is 25.5 Å². The Balaban J connectivity index is 2.44. The van der Waals surface area contributed by atoms with Crippen LogP contribution in [0.15, 0.2) is 0 Å². The van der Waals surface area contributed by atoms with E-state index in [9.17, 15) is 0 Å². The molecule has 6 heteroatoms. The van der Waals surface area contributed by atoms with E-state index in [1.165, 1.54) is 0 Å². The fourth-order valence-corrected chi connectivity index (χ4v) is 1.64. The van der Waals surface area contributed by atoms with E-state index in [2.05, 4.69) is 47.9 Å². The molecule has 0 aromatic carbocycles. The lowest BCUT2D eigenvalue weighted by Gasteiger charge is -2.19. The Kier molecular flexibility index (Phi) is 5.21. The summed E-state index contributed by atoms with van der Waals surface area (Å²) in [6, 6.07) is 0. The van der Waals surface area contributed by atoms with Gasteiger partial charge in [0.05, 0.1) is 6.54 Å². The highest BCUT2D eigenvalue weighted by Gasteiger charge is 2.12. The van der Waals surface area contributed by atoms with Gasteiger partial charge in [0, 0.05) is 12.1 Å². The highest BCUT2D eigenvalue weighted by Crippen LogP contribution is 2.03. The quantitative estimate of drug-likeness (QED) is 0.764. The van der Waals surface area contributed by atoms with Crippen LogP contribution < -0.4 is 5.32 Å². The molecule has 1 aromatic heterocycles. The number of aryl methyl sites for hydroxylation is 1. The number of nitrogens with zero attached hydrogens (tertiary/aromatic N) is 4. The fourth-order valence-electron chi connectivity index (χ4n) is 1.23. The molecule has 0 fully saturated rings. The normalized spacial score (nSPS) is 12.0. The molecule has 92 valence electrons. The largest absolute Gasteiger partial charge is 0.305 e. The van der Waals surface area contributed by atoms with Gasteiger partial charge in [0.2, 0.25) is 0 Å². The molecule has 0 atom stereocenters. The Morgan fingerprint density at radius 2 is 2.12 bits per heavy atom. The minimum absolute atomic E-state index is 0.0933. The second-order valence-corrected chi connectivity index (χ2v) is 5.75. The number of nitrogens with one attached hydrogen (secondary N) is 1. The zero-order valence-electron chi connectivity index (χ0n) is 10.5. The van der Waals surface area contributed by atoms with E-state index < -0.39 is 0 Å². The number of rotatable bonds is 6. The third kappa shape index (κ3) is 4.94. The summed E-state index contributed by atoms with van der Waals surface area (Å²) in [5.41, 5.74) is 0.0933. The molecule has 0 spiro atoms. The molecule has 0 radical (unpaired) electrons. The SMILES string of the molecule is CSCCCn1nnnc1CNC(C)(C)C. The molecule has 1 rings (SSSR count). The van der Waals surface area contributed by atoms with Gasteiger partial charge in [-0.3, -0.25) is 0 Å². The molecule has 0 saturated heterocycles. The number of hydrogen-bond donors (Lipinski definition) is 1. The predicted molar refractivity (Wildman–Crippen MR) is 67.4 cm³/mol. The monoisotopic (exact) mass is 243 g/mol. The van der Waals surface area contributed by atoms with Crippen molar-refractivity contribution in [3.8, 4) is 0 Å². The van der Waals surface area contributed by atoms with E-state index in [0.717, 1.165) is 31.1 Å². The van der Waals surface area contributed by atoms with Crippen LogP contribution in [-0.4, -0.2) is 37.8 Å². The van der Waals surface area contributed by atoms with Crippen LogP contribution >= 0.6 is 11.8 Å². The number of tetrazole rings is 1. The maximum Gasteiger partial charge on any atom is 0.165 e. The summed E-state index contributed by atoms with van der Waals surface area (Å²) in [6.07, 6.45) is 3.22. The number of thioether (sulfide) groups is 1. The summed E-state index contributed by atoms with van der Waals surface area (Å²) in [7, 11) is 0. The van der Waals surface area contributed by atoms with Gasteiger partial charge in [-0.25, -0.2) is 4.68 Å². The minimum Gasteiger partial charge on any atom is -0.305 e. The summed E-state index contributed by atoms with van der Waals surface area (Å²) in [6.45, 7) is 8.02. The first-order chi connectivity index (χ1) is 7.53. The lowest BCUT2D eigenvalue weighted by molar-refractivity contribution is 0.407. The van der Waals surface area contributed by atoms with Crippen molar-refractivity contribution in [2.75, 3.05) is 12.0 Å². The molecule has 0 saturated carbocycles. The smallest absolute Gasteiger partial charge is 0.165 e. The molecule has 0 aliphatic rings. The average Bonchev–Trinajstić information content (AvgIpc) is 2.62. The standard InChI is InChI=1S/C10H21N5S/c1-10(2,3)11-8-9-12-13-14-15(9)6-5-7-16-4/h11H,5-8H2,1-4H3. The van der Waals surface area contributed by atoms with Crippen molar-refractivity contribution in [1.29, 1.82) is 0 Å². The number of aromatic nitrogens is 4. The zero-order chi connectivity index (χ0) is 12.0. The summed E-state index contributed by atoms with van der Waals surface area (Å²) < 4.78 is 1.88. The van der Waals surface area contributed by atoms with Gasteiger partial charge in [-0.15, -0.1) is 5.10 Å². The van der Waals surface area contributed by atoms with Crippen LogP contribution in [0.4, 0.5) is 0 Å². The Morgan fingerprint density at radius 1 is 1.38 bits per heavy atom. The first kappa shape index (κ1) is 13.4. The van der Waals surface area contributed by atoms with Crippen LogP contribution in [-0.2, 0) is 13.1 Å². The second kappa shape index (κ2) is 6.20. The minimum atomic E-state index is 0.0933. The van der Waals surface area contributed by atoms with Crippen LogP contribution in [0.5, 0.6) is 0 Å². The number of hydrogen-bond acceptors (Lipinski definition) is 5. The van der Waals surface area contributed by atoms with Gasteiger partial charge in [0.25, 0.3) is 0 Å².